The first-order valence-corrected chi connectivity index (χ1v) is 8.39. The van der Waals surface area contributed by atoms with Gasteiger partial charge in [-0.05, 0) is 26.3 Å². The predicted octanol–water partition coefficient (Wildman–Crippen LogP) is 2.31. The zero-order valence-electron chi connectivity index (χ0n) is 12.6. The van der Waals surface area contributed by atoms with Gasteiger partial charge in [0.25, 0.3) is 0 Å². The van der Waals surface area contributed by atoms with Crippen molar-refractivity contribution >= 4 is 17.2 Å². The van der Waals surface area contributed by atoms with Crippen LogP contribution in [0, 0.1) is 5.92 Å². The molecule has 4 nitrogen and oxygen atoms in total. The zero-order valence-corrected chi connectivity index (χ0v) is 13.4. The molecular weight excluding hydrogens is 270 g/mol. The van der Waals surface area contributed by atoms with Crippen molar-refractivity contribution in [2.45, 2.75) is 52.0 Å². The summed E-state index contributed by atoms with van der Waals surface area (Å²) in [6.45, 7) is 8.09. The number of nitrogens with zero attached hydrogens (tertiary/aromatic N) is 1. The lowest BCUT2D eigenvalue weighted by Gasteiger charge is -2.27. The van der Waals surface area contributed by atoms with Crippen LogP contribution >= 0.6 is 11.3 Å². The van der Waals surface area contributed by atoms with Crippen molar-refractivity contribution in [3.63, 3.8) is 0 Å². The van der Waals surface area contributed by atoms with Gasteiger partial charge in [-0.25, -0.2) is 4.98 Å². The van der Waals surface area contributed by atoms with Crippen LogP contribution in [-0.2, 0) is 11.2 Å². The Morgan fingerprint density at radius 2 is 2.40 bits per heavy atom. The molecule has 112 valence electrons. The van der Waals surface area contributed by atoms with E-state index in [1.54, 1.807) is 11.3 Å². The van der Waals surface area contributed by atoms with Crippen molar-refractivity contribution < 1.29 is 4.79 Å². The molecule has 0 bridgehead atoms. The lowest BCUT2D eigenvalue weighted by Crippen LogP contribution is -2.42. The maximum atomic E-state index is 12.1. The molecule has 0 radical (unpaired) electrons. The standard InChI is InChI=1S/C15H25N3OS/c1-10(2)15-18-13(9-20-15)5-7-17-14(19)12-4-6-16-11(3)8-12/h9-12,16H,4-8H2,1-3H3,(H,17,19)/t11-,12-/m0/s1. The molecule has 0 aromatic carbocycles. The van der Waals surface area contributed by atoms with E-state index in [2.05, 4.69) is 41.8 Å². The van der Waals surface area contributed by atoms with E-state index in [4.69, 9.17) is 0 Å². The SMILES string of the molecule is CC(C)c1nc(CCNC(=O)[C@H]2CCN[C@@H](C)C2)cs1. The number of aromatic nitrogens is 1. The molecule has 1 aromatic heterocycles. The van der Waals surface area contributed by atoms with Gasteiger partial charge in [0.1, 0.15) is 0 Å². The maximum Gasteiger partial charge on any atom is 0.223 e. The Morgan fingerprint density at radius 3 is 3.05 bits per heavy atom. The van der Waals surface area contributed by atoms with Crippen LogP contribution in [0.2, 0.25) is 0 Å². The lowest BCUT2D eigenvalue weighted by molar-refractivity contribution is -0.126. The summed E-state index contributed by atoms with van der Waals surface area (Å²) in [5.41, 5.74) is 1.10. The van der Waals surface area contributed by atoms with Crippen LogP contribution in [-0.4, -0.2) is 30.0 Å². The fraction of sp³-hybridized carbons (Fsp3) is 0.733. The summed E-state index contributed by atoms with van der Waals surface area (Å²) in [6, 6.07) is 0.451. The number of hydrogen-bond acceptors (Lipinski definition) is 4. The van der Waals surface area contributed by atoms with E-state index in [0.717, 1.165) is 31.5 Å². The number of nitrogens with one attached hydrogen (secondary N) is 2. The number of hydrogen-bond donors (Lipinski definition) is 2. The van der Waals surface area contributed by atoms with Crippen LogP contribution in [0.5, 0.6) is 0 Å². The number of thiazole rings is 1. The summed E-state index contributed by atoms with van der Waals surface area (Å²) in [5, 5.41) is 9.72. The first kappa shape index (κ1) is 15.4. The molecule has 1 aliphatic heterocycles. The molecule has 2 rings (SSSR count). The van der Waals surface area contributed by atoms with Crippen LogP contribution in [0.15, 0.2) is 5.38 Å². The van der Waals surface area contributed by atoms with E-state index in [1.165, 1.54) is 5.01 Å². The Morgan fingerprint density at radius 1 is 1.60 bits per heavy atom. The van der Waals surface area contributed by atoms with Gasteiger partial charge in [-0.3, -0.25) is 4.79 Å². The summed E-state index contributed by atoms with van der Waals surface area (Å²) < 4.78 is 0. The smallest absolute Gasteiger partial charge is 0.223 e. The first-order chi connectivity index (χ1) is 9.56. The van der Waals surface area contributed by atoms with Crippen molar-refractivity contribution in [1.29, 1.82) is 0 Å². The highest BCUT2D eigenvalue weighted by molar-refractivity contribution is 7.09. The minimum Gasteiger partial charge on any atom is -0.355 e. The Bertz CT molecular complexity index is 444. The monoisotopic (exact) mass is 295 g/mol. The molecule has 1 amide bonds. The third-order valence-corrected chi connectivity index (χ3v) is 4.93. The fourth-order valence-electron chi connectivity index (χ4n) is 2.53. The average molecular weight is 295 g/mol. The third-order valence-electron chi connectivity index (χ3n) is 3.74. The third kappa shape index (κ3) is 4.28. The zero-order chi connectivity index (χ0) is 14.5. The Balaban J connectivity index is 1.73. The number of carbonyl (C=O) groups is 1. The lowest BCUT2D eigenvalue weighted by atomic mass is 9.92. The second-order valence-corrected chi connectivity index (χ2v) is 6.84. The highest BCUT2D eigenvalue weighted by Crippen LogP contribution is 2.19. The van der Waals surface area contributed by atoms with Gasteiger partial charge in [0.05, 0.1) is 10.7 Å². The molecule has 0 unspecified atom stereocenters. The quantitative estimate of drug-likeness (QED) is 0.876. The molecular formula is C15H25N3OS. The Hall–Kier alpha value is -0.940. The van der Waals surface area contributed by atoms with Crippen LogP contribution in [0.1, 0.15) is 50.2 Å². The fourth-order valence-corrected chi connectivity index (χ4v) is 3.40. The van der Waals surface area contributed by atoms with E-state index in [9.17, 15) is 4.79 Å². The van der Waals surface area contributed by atoms with Crippen molar-refractivity contribution in [1.82, 2.24) is 15.6 Å². The van der Waals surface area contributed by atoms with Gasteiger partial charge >= 0.3 is 0 Å². The topological polar surface area (TPSA) is 54.0 Å². The van der Waals surface area contributed by atoms with Crippen LogP contribution in [0.25, 0.3) is 0 Å². The predicted molar refractivity (Wildman–Crippen MR) is 83.1 cm³/mol. The molecule has 2 N–H and O–H groups in total. The minimum absolute atomic E-state index is 0.174. The molecule has 0 aliphatic carbocycles. The van der Waals surface area contributed by atoms with Crippen molar-refractivity contribution in [2.24, 2.45) is 5.92 Å². The number of amides is 1. The average Bonchev–Trinajstić information content (AvgIpc) is 2.87. The number of carbonyl (C=O) groups excluding carboxylic acids is 1. The number of piperidine rings is 1. The normalized spacial score (nSPS) is 23.0. The van der Waals surface area contributed by atoms with Gasteiger partial charge in [-0.1, -0.05) is 13.8 Å². The highest BCUT2D eigenvalue weighted by Gasteiger charge is 2.24. The largest absolute Gasteiger partial charge is 0.355 e. The molecule has 1 aromatic rings. The van der Waals surface area contributed by atoms with E-state index in [1.807, 2.05) is 0 Å². The van der Waals surface area contributed by atoms with Crippen LogP contribution < -0.4 is 10.6 Å². The molecule has 2 heterocycles. The van der Waals surface area contributed by atoms with E-state index >= 15 is 0 Å². The summed E-state index contributed by atoms with van der Waals surface area (Å²) in [4.78, 5) is 16.7. The first-order valence-electron chi connectivity index (χ1n) is 7.51. The Kier molecular flexibility index (Phi) is 5.54. The Labute approximate surface area is 125 Å². The van der Waals surface area contributed by atoms with Crippen LogP contribution in [0.4, 0.5) is 0 Å². The highest BCUT2D eigenvalue weighted by atomic mass is 32.1. The van der Waals surface area contributed by atoms with Gasteiger partial charge < -0.3 is 10.6 Å². The van der Waals surface area contributed by atoms with Crippen molar-refractivity contribution in [3.05, 3.63) is 16.1 Å². The van der Waals surface area contributed by atoms with Gasteiger partial charge in [0.2, 0.25) is 5.91 Å². The molecule has 1 saturated heterocycles. The van der Waals surface area contributed by atoms with Gasteiger partial charge in [0, 0.05) is 36.2 Å². The van der Waals surface area contributed by atoms with Crippen molar-refractivity contribution in [2.75, 3.05) is 13.1 Å². The van der Waals surface area contributed by atoms with E-state index in [-0.39, 0.29) is 11.8 Å². The van der Waals surface area contributed by atoms with Gasteiger partial charge in [0.15, 0.2) is 0 Å². The number of rotatable bonds is 5. The van der Waals surface area contributed by atoms with Gasteiger partial charge in [-0.15, -0.1) is 11.3 Å². The second kappa shape index (κ2) is 7.18. The van der Waals surface area contributed by atoms with E-state index < -0.39 is 0 Å². The molecule has 0 spiro atoms. The van der Waals surface area contributed by atoms with Crippen LogP contribution in [0.3, 0.4) is 0 Å². The van der Waals surface area contributed by atoms with Crippen molar-refractivity contribution in [3.8, 4) is 0 Å². The molecule has 2 atom stereocenters. The second-order valence-electron chi connectivity index (χ2n) is 5.95. The summed E-state index contributed by atoms with van der Waals surface area (Å²) in [5.74, 6) is 0.866. The van der Waals surface area contributed by atoms with Gasteiger partial charge in [-0.2, -0.15) is 0 Å². The summed E-state index contributed by atoms with van der Waals surface area (Å²) >= 11 is 1.71. The minimum atomic E-state index is 0.174. The maximum absolute atomic E-state index is 12.1. The molecule has 1 aliphatic rings. The molecule has 20 heavy (non-hydrogen) atoms. The summed E-state index contributed by atoms with van der Waals surface area (Å²) in [7, 11) is 0. The van der Waals surface area contributed by atoms with E-state index in [0.29, 0.717) is 18.5 Å². The molecule has 0 saturated carbocycles. The summed E-state index contributed by atoms with van der Waals surface area (Å²) in [6.07, 6.45) is 2.72. The molecule has 1 fully saturated rings. The molecule has 5 heteroatoms.